The molecule has 2 amide bonds. The number of hydrogen-bond donors (Lipinski definition) is 2. The molecule has 0 radical (unpaired) electrons. The standard InChI is InChI=1S/C29H25FN2O2S/c1-19-16-20(2)18-23(17-19)32-29(34)27(21-8-4-3-5-9-21)35-24-14-12-22(13-15-24)31-28(33)25-10-6-7-11-26(25)30/h3-18,27H,1-2H3,(H,31,33)(H,32,34). The minimum Gasteiger partial charge on any atom is -0.325 e. The molecule has 0 fully saturated rings. The Bertz CT molecular complexity index is 1320. The highest BCUT2D eigenvalue weighted by molar-refractivity contribution is 8.00. The number of halogens is 1. The van der Waals surface area contributed by atoms with E-state index in [9.17, 15) is 14.0 Å². The molecule has 0 spiro atoms. The summed E-state index contributed by atoms with van der Waals surface area (Å²) in [5.74, 6) is -1.21. The van der Waals surface area contributed by atoms with Crippen molar-refractivity contribution in [3.8, 4) is 0 Å². The quantitative estimate of drug-likeness (QED) is 0.274. The van der Waals surface area contributed by atoms with E-state index in [0.717, 1.165) is 27.3 Å². The van der Waals surface area contributed by atoms with Crippen LogP contribution in [0.25, 0.3) is 0 Å². The molecular formula is C29H25FN2O2S. The summed E-state index contributed by atoms with van der Waals surface area (Å²) in [5.41, 5.74) is 4.34. The number of carbonyl (C=O) groups is 2. The van der Waals surface area contributed by atoms with Crippen molar-refractivity contribution < 1.29 is 14.0 Å². The number of carbonyl (C=O) groups excluding carboxylic acids is 2. The van der Waals surface area contributed by atoms with Gasteiger partial charge in [0.15, 0.2) is 0 Å². The van der Waals surface area contributed by atoms with Crippen LogP contribution in [0.3, 0.4) is 0 Å². The van der Waals surface area contributed by atoms with Crippen molar-refractivity contribution in [1.82, 2.24) is 0 Å². The number of nitrogens with one attached hydrogen (secondary N) is 2. The lowest BCUT2D eigenvalue weighted by Gasteiger charge is -2.18. The lowest BCUT2D eigenvalue weighted by atomic mass is 10.1. The smallest absolute Gasteiger partial charge is 0.258 e. The predicted molar refractivity (Wildman–Crippen MR) is 140 cm³/mol. The number of hydrogen-bond acceptors (Lipinski definition) is 3. The summed E-state index contributed by atoms with van der Waals surface area (Å²) in [4.78, 5) is 26.6. The average Bonchev–Trinajstić information content (AvgIpc) is 2.83. The van der Waals surface area contributed by atoms with Gasteiger partial charge in [-0.25, -0.2) is 4.39 Å². The Hall–Kier alpha value is -3.90. The Balaban J connectivity index is 1.50. The topological polar surface area (TPSA) is 58.2 Å². The van der Waals surface area contributed by atoms with Crippen molar-refractivity contribution in [1.29, 1.82) is 0 Å². The molecule has 1 unspecified atom stereocenters. The van der Waals surface area contributed by atoms with Gasteiger partial charge in [0, 0.05) is 16.3 Å². The summed E-state index contributed by atoms with van der Waals surface area (Å²) in [7, 11) is 0. The molecule has 0 aromatic heterocycles. The molecule has 1 atom stereocenters. The molecule has 0 aliphatic rings. The molecular weight excluding hydrogens is 459 g/mol. The zero-order chi connectivity index (χ0) is 24.8. The van der Waals surface area contributed by atoms with Crippen molar-refractivity contribution in [3.63, 3.8) is 0 Å². The predicted octanol–water partition coefficient (Wildman–Crippen LogP) is 7.17. The van der Waals surface area contributed by atoms with Crippen LogP contribution in [0, 0.1) is 19.7 Å². The third kappa shape index (κ3) is 6.37. The number of amides is 2. The van der Waals surface area contributed by atoms with E-state index < -0.39 is 17.0 Å². The monoisotopic (exact) mass is 484 g/mol. The Kier molecular flexibility index (Phi) is 7.63. The van der Waals surface area contributed by atoms with Crippen LogP contribution >= 0.6 is 11.8 Å². The van der Waals surface area contributed by atoms with Gasteiger partial charge < -0.3 is 10.6 Å². The van der Waals surface area contributed by atoms with Crippen LogP contribution in [-0.4, -0.2) is 11.8 Å². The summed E-state index contributed by atoms with van der Waals surface area (Å²) < 4.78 is 13.9. The molecule has 4 rings (SSSR count). The van der Waals surface area contributed by atoms with Gasteiger partial charge >= 0.3 is 0 Å². The minimum absolute atomic E-state index is 0.0156. The lowest BCUT2D eigenvalue weighted by molar-refractivity contribution is -0.115. The highest BCUT2D eigenvalue weighted by Crippen LogP contribution is 2.37. The van der Waals surface area contributed by atoms with Crippen molar-refractivity contribution in [2.24, 2.45) is 0 Å². The van der Waals surface area contributed by atoms with E-state index in [-0.39, 0.29) is 11.5 Å². The second-order valence-electron chi connectivity index (χ2n) is 8.23. The SMILES string of the molecule is Cc1cc(C)cc(NC(=O)C(Sc2ccc(NC(=O)c3ccccc3F)cc2)c2ccccc2)c1. The van der Waals surface area contributed by atoms with Crippen LogP contribution in [0.2, 0.25) is 0 Å². The number of anilines is 2. The summed E-state index contributed by atoms with van der Waals surface area (Å²) >= 11 is 1.42. The normalized spacial score (nSPS) is 11.5. The molecule has 0 bridgehead atoms. The number of aryl methyl sites for hydroxylation is 2. The van der Waals surface area contributed by atoms with Crippen LogP contribution in [0.5, 0.6) is 0 Å². The molecule has 2 N–H and O–H groups in total. The minimum atomic E-state index is -0.572. The first-order valence-corrected chi connectivity index (χ1v) is 12.0. The second-order valence-corrected chi connectivity index (χ2v) is 9.41. The molecule has 176 valence electrons. The van der Waals surface area contributed by atoms with E-state index in [1.54, 1.807) is 18.2 Å². The fourth-order valence-electron chi connectivity index (χ4n) is 3.75. The first kappa shape index (κ1) is 24.2. The maximum atomic E-state index is 13.9. The van der Waals surface area contributed by atoms with E-state index in [1.807, 2.05) is 68.4 Å². The Morgan fingerprint density at radius 1 is 0.743 bits per heavy atom. The van der Waals surface area contributed by atoms with E-state index >= 15 is 0 Å². The van der Waals surface area contributed by atoms with Crippen LogP contribution in [0.1, 0.15) is 32.3 Å². The number of thioether (sulfide) groups is 1. The summed E-state index contributed by atoms with van der Waals surface area (Å²) in [5, 5.41) is 5.28. The average molecular weight is 485 g/mol. The number of rotatable bonds is 7. The molecule has 0 heterocycles. The number of benzene rings is 4. The molecule has 4 aromatic carbocycles. The lowest BCUT2D eigenvalue weighted by Crippen LogP contribution is -2.19. The fraction of sp³-hybridized carbons (Fsp3) is 0.103. The van der Waals surface area contributed by atoms with Crippen LogP contribution in [-0.2, 0) is 4.79 Å². The maximum Gasteiger partial charge on any atom is 0.258 e. The van der Waals surface area contributed by atoms with Gasteiger partial charge in [0.05, 0.1) is 5.56 Å². The van der Waals surface area contributed by atoms with Gasteiger partial charge in [-0.15, -0.1) is 11.8 Å². The Labute approximate surface area is 208 Å². The van der Waals surface area contributed by atoms with Crippen molar-refractivity contribution in [3.05, 3.63) is 125 Å². The van der Waals surface area contributed by atoms with Gasteiger partial charge in [-0.3, -0.25) is 9.59 Å². The third-order valence-electron chi connectivity index (χ3n) is 5.31. The molecule has 6 heteroatoms. The van der Waals surface area contributed by atoms with Gasteiger partial charge in [-0.2, -0.15) is 0 Å². The Morgan fingerprint density at radius 3 is 2.03 bits per heavy atom. The molecule has 0 aliphatic heterocycles. The fourth-order valence-corrected chi connectivity index (χ4v) is 4.78. The largest absolute Gasteiger partial charge is 0.325 e. The van der Waals surface area contributed by atoms with E-state index in [0.29, 0.717) is 5.69 Å². The van der Waals surface area contributed by atoms with Crippen molar-refractivity contribution in [2.75, 3.05) is 10.6 Å². The highest BCUT2D eigenvalue weighted by atomic mass is 32.2. The summed E-state index contributed by atoms with van der Waals surface area (Å²) in [6.45, 7) is 4.00. The zero-order valence-corrected chi connectivity index (χ0v) is 20.2. The van der Waals surface area contributed by atoms with Crippen molar-refractivity contribution in [2.45, 2.75) is 24.0 Å². The van der Waals surface area contributed by atoms with E-state index in [1.165, 1.54) is 30.0 Å². The molecule has 4 nitrogen and oxygen atoms in total. The van der Waals surface area contributed by atoms with E-state index in [4.69, 9.17) is 0 Å². The van der Waals surface area contributed by atoms with Gasteiger partial charge in [0.25, 0.3) is 5.91 Å². The van der Waals surface area contributed by atoms with Crippen LogP contribution in [0.15, 0.2) is 102 Å². The van der Waals surface area contributed by atoms with Crippen molar-refractivity contribution >= 4 is 35.0 Å². The first-order valence-electron chi connectivity index (χ1n) is 11.2. The van der Waals surface area contributed by atoms with E-state index in [2.05, 4.69) is 16.7 Å². The highest BCUT2D eigenvalue weighted by Gasteiger charge is 2.22. The molecule has 0 saturated heterocycles. The molecule has 35 heavy (non-hydrogen) atoms. The van der Waals surface area contributed by atoms with Crippen LogP contribution in [0.4, 0.5) is 15.8 Å². The van der Waals surface area contributed by atoms with Gasteiger partial charge in [0.1, 0.15) is 11.1 Å². The van der Waals surface area contributed by atoms with Gasteiger partial charge in [-0.1, -0.05) is 48.5 Å². The first-order chi connectivity index (χ1) is 16.9. The summed E-state index contributed by atoms with van der Waals surface area (Å²) in [6, 6.07) is 28.6. The Morgan fingerprint density at radius 2 is 1.37 bits per heavy atom. The molecule has 4 aromatic rings. The maximum absolute atomic E-state index is 13.9. The molecule has 0 aliphatic carbocycles. The second kappa shape index (κ2) is 11.0. The van der Waals surface area contributed by atoms with Gasteiger partial charge in [0.2, 0.25) is 5.91 Å². The molecule has 0 saturated carbocycles. The third-order valence-corrected chi connectivity index (χ3v) is 6.58. The van der Waals surface area contributed by atoms with Crippen LogP contribution < -0.4 is 10.6 Å². The van der Waals surface area contributed by atoms with Gasteiger partial charge in [-0.05, 0) is 79.1 Å². The zero-order valence-electron chi connectivity index (χ0n) is 19.4. The summed E-state index contributed by atoms with van der Waals surface area (Å²) in [6.07, 6.45) is 0.